The summed E-state index contributed by atoms with van der Waals surface area (Å²) in [6.45, 7) is 13.8. The van der Waals surface area contributed by atoms with Crippen LogP contribution >= 0.6 is 0 Å². The SMILES string of the molecule is CC1(C)O[C@H]2[C@H](O[Si](C)(C)C(C)(C)C)[C@@H](CO)N(C(=O)OCc3ccccc3)C(O)(c3cccc(OCc4ccccc4)c3)[C@H]2O1. The zero-order chi connectivity index (χ0) is 33.3. The molecule has 2 fully saturated rings. The van der Waals surface area contributed by atoms with Crippen molar-refractivity contribution in [3.8, 4) is 5.75 Å². The topological polar surface area (TPSA) is 107 Å². The first-order valence-electron chi connectivity index (χ1n) is 15.8. The summed E-state index contributed by atoms with van der Waals surface area (Å²) in [4.78, 5) is 15.4. The van der Waals surface area contributed by atoms with Gasteiger partial charge in [-0.3, -0.25) is 4.90 Å². The minimum atomic E-state index is -2.50. The van der Waals surface area contributed by atoms with Crippen molar-refractivity contribution in [1.82, 2.24) is 4.90 Å². The number of likely N-dealkylation sites (tertiary alicyclic amines) is 1. The van der Waals surface area contributed by atoms with Crippen LogP contribution in [0.15, 0.2) is 84.9 Å². The molecule has 2 heterocycles. The summed E-state index contributed by atoms with van der Waals surface area (Å²) in [5.41, 5.74) is -0.0355. The molecule has 2 N–H and O–H groups in total. The maximum absolute atomic E-state index is 14.2. The highest BCUT2D eigenvalue weighted by Crippen LogP contribution is 2.50. The van der Waals surface area contributed by atoms with Gasteiger partial charge in [-0.15, -0.1) is 0 Å². The van der Waals surface area contributed by atoms with E-state index in [4.69, 9.17) is 23.4 Å². The van der Waals surface area contributed by atoms with Crippen molar-refractivity contribution in [2.45, 2.75) is 102 Å². The highest BCUT2D eigenvalue weighted by atomic mass is 28.4. The van der Waals surface area contributed by atoms with Gasteiger partial charge >= 0.3 is 6.09 Å². The number of rotatable bonds is 9. The number of aliphatic hydroxyl groups excluding tert-OH is 1. The van der Waals surface area contributed by atoms with Crippen molar-refractivity contribution in [2.24, 2.45) is 0 Å². The summed E-state index contributed by atoms with van der Waals surface area (Å²) in [5, 5.41) is 23.8. The molecule has 2 aliphatic rings. The van der Waals surface area contributed by atoms with Crippen molar-refractivity contribution in [1.29, 1.82) is 0 Å². The van der Waals surface area contributed by atoms with Crippen LogP contribution in [0.4, 0.5) is 4.79 Å². The monoisotopic (exact) mass is 649 g/mol. The van der Waals surface area contributed by atoms with Gasteiger partial charge in [0, 0.05) is 5.56 Å². The Morgan fingerprint density at radius 3 is 2.11 bits per heavy atom. The van der Waals surface area contributed by atoms with Gasteiger partial charge in [0.15, 0.2) is 19.8 Å². The van der Waals surface area contributed by atoms with Crippen LogP contribution in [-0.2, 0) is 37.6 Å². The fraction of sp³-hybridized carbons (Fsp3) is 0.472. The second-order valence-electron chi connectivity index (χ2n) is 14.1. The highest BCUT2D eigenvalue weighted by Gasteiger charge is 2.67. The second kappa shape index (κ2) is 13.1. The van der Waals surface area contributed by atoms with Gasteiger partial charge in [0.1, 0.15) is 31.2 Å². The van der Waals surface area contributed by atoms with E-state index in [-0.39, 0.29) is 11.6 Å². The molecule has 2 aliphatic heterocycles. The summed E-state index contributed by atoms with van der Waals surface area (Å²) in [5.74, 6) is -0.633. The number of aliphatic hydroxyl groups is 2. The molecule has 0 aromatic heterocycles. The summed E-state index contributed by atoms with van der Waals surface area (Å²) in [6, 6.07) is 25.0. The van der Waals surface area contributed by atoms with Crippen LogP contribution in [0.1, 0.15) is 51.3 Å². The zero-order valence-corrected chi connectivity index (χ0v) is 28.8. The molecule has 2 saturated heterocycles. The quantitative estimate of drug-likeness (QED) is 0.259. The first kappa shape index (κ1) is 34.1. The van der Waals surface area contributed by atoms with E-state index in [0.29, 0.717) is 17.9 Å². The molecular weight excluding hydrogens is 602 g/mol. The van der Waals surface area contributed by atoms with Gasteiger partial charge < -0.3 is 33.6 Å². The number of ether oxygens (including phenoxy) is 4. The molecular formula is C36H47NO8Si. The van der Waals surface area contributed by atoms with E-state index in [1.165, 1.54) is 4.90 Å². The lowest BCUT2D eigenvalue weighted by Gasteiger charge is -2.55. The molecule has 1 unspecified atom stereocenters. The number of fused-ring (bicyclic) bond motifs is 1. The normalized spacial score (nSPS) is 26.0. The van der Waals surface area contributed by atoms with E-state index in [9.17, 15) is 15.0 Å². The van der Waals surface area contributed by atoms with Crippen LogP contribution in [0.25, 0.3) is 0 Å². The van der Waals surface area contributed by atoms with Gasteiger partial charge in [0.05, 0.1) is 18.8 Å². The first-order chi connectivity index (χ1) is 21.7. The Kier molecular flexibility index (Phi) is 9.71. The third kappa shape index (κ3) is 6.88. The van der Waals surface area contributed by atoms with Gasteiger partial charge in [-0.25, -0.2) is 4.79 Å². The number of benzene rings is 3. The minimum absolute atomic E-state index is 0.0324. The molecule has 3 aromatic carbocycles. The van der Waals surface area contributed by atoms with Gasteiger partial charge in [-0.2, -0.15) is 0 Å². The van der Waals surface area contributed by atoms with Crippen LogP contribution in [-0.4, -0.2) is 66.3 Å². The van der Waals surface area contributed by atoms with Crippen molar-refractivity contribution in [2.75, 3.05) is 6.61 Å². The number of carbonyl (C=O) groups is 1. The lowest BCUT2D eigenvalue weighted by Crippen LogP contribution is -2.74. The maximum atomic E-state index is 14.2. The Morgan fingerprint density at radius 2 is 1.52 bits per heavy atom. The molecule has 46 heavy (non-hydrogen) atoms. The van der Waals surface area contributed by atoms with E-state index < -0.39 is 56.9 Å². The molecule has 0 bridgehead atoms. The van der Waals surface area contributed by atoms with Crippen LogP contribution in [0.5, 0.6) is 5.75 Å². The molecule has 5 rings (SSSR count). The lowest BCUT2D eigenvalue weighted by atomic mass is 9.81. The number of hydrogen-bond donors (Lipinski definition) is 2. The summed E-state index contributed by atoms with van der Waals surface area (Å²) in [7, 11) is -2.50. The minimum Gasteiger partial charge on any atom is -0.489 e. The second-order valence-corrected chi connectivity index (χ2v) is 18.8. The van der Waals surface area contributed by atoms with E-state index >= 15 is 0 Å². The summed E-state index contributed by atoms with van der Waals surface area (Å²) >= 11 is 0. The van der Waals surface area contributed by atoms with E-state index in [1.807, 2.05) is 60.7 Å². The fourth-order valence-corrected chi connectivity index (χ4v) is 7.19. The third-order valence-electron chi connectivity index (χ3n) is 9.26. The maximum Gasteiger partial charge on any atom is 0.413 e. The molecule has 248 valence electrons. The van der Waals surface area contributed by atoms with E-state index in [1.54, 1.807) is 38.1 Å². The zero-order valence-electron chi connectivity index (χ0n) is 27.8. The highest BCUT2D eigenvalue weighted by molar-refractivity contribution is 6.74. The van der Waals surface area contributed by atoms with Crippen molar-refractivity contribution in [3.63, 3.8) is 0 Å². The van der Waals surface area contributed by atoms with Crippen LogP contribution in [0.2, 0.25) is 18.1 Å². The first-order valence-corrected chi connectivity index (χ1v) is 18.7. The molecule has 3 aromatic rings. The number of carbonyl (C=O) groups excluding carboxylic acids is 1. The predicted octanol–water partition coefficient (Wildman–Crippen LogP) is 6.33. The number of amides is 1. The Balaban J connectivity index is 1.59. The number of nitrogens with zero attached hydrogens (tertiary/aromatic N) is 1. The molecule has 0 spiro atoms. The lowest BCUT2D eigenvalue weighted by molar-refractivity contribution is -0.248. The van der Waals surface area contributed by atoms with Gasteiger partial charge in [-0.05, 0) is 55.2 Å². The average Bonchev–Trinajstić information content (AvgIpc) is 3.36. The largest absolute Gasteiger partial charge is 0.489 e. The van der Waals surface area contributed by atoms with Crippen molar-refractivity contribution >= 4 is 14.4 Å². The van der Waals surface area contributed by atoms with Crippen LogP contribution in [0.3, 0.4) is 0 Å². The van der Waals surface area contributed by atoms with Crippen molar-refractivity contribution in [3.05, 3.63) is 102 Å². The van der Waals surface area contributed by atoms with Gasteiger partial charge in [-0.1, -0.05) is 93.6 Å². The van der Waals surface area contributed by atoms with Crippen LogP contribution < -0.4 is 4.74 Å². The number of hydrogen-bond acceptors (Lipinski definition) is 8. The smallest absolute Gasteiger partial charge is 0.413 e. The summed E-state index contributed by atoms with van der Waals surface area (Å²) in [6.07, 6.45) is -3.55. The molecule has 10 heteroatoms. The Bertz CT molecular complexity index is 1480. The Hall–Kier alpha value is -3.25. The predicted molar refractivity (Wildman–Crippen MR) is 176 cm³/mol. The van der Waals surface area contributed by atoms with E-state index in [0.717, 1.165) is 11.1 Å². The standard InChI is InChI=1S/C36H47NO8Si/c1-34(2,3)46(6,7)45-30-29(22-38)37(33(39)42-24-26-17-12-9-13-18-26)36(40,32-31(30)43-35(4,5)44-32)27-19-14-20-28(21-27)41-23-25-15-10-8-11-16-25/h8-21,29-32,38,40H,22-24H2,1-7H3/t29-,30-,31+,32+,36?/m1/s1. The molecule has 0 radical (unpaired) electrons. The molecule has 5 atom stereocenters. The molecule has 1 amide bonds. The Labute approximate surface area is 273 Å². The fourth-order valence-electron chi connectivity index (χ4n) is 5.87. The molecule has 0 saturated carbocycles. The molecule has 0 aliphatic carbocycles. The third-order valence-corrected chi connectivity index (χ3v) is 13.7. The van der Waals surface area contributed by atoms with Gasteiger partial charge in [0.2, 0.25) is 0 Å². The van der Waals surface area contributed by atoms with E-state index in [2.05, 4.69) is 33.9 Å². The van der Waals surface area contributed by atoms with Crippen molar-refractivity contribution < 1.29 is 38.4 Å². The Morgan fingerprint density at radius 1 is 0.913 bits per heavy atom. The number of piperidine rings is 1. The molecule has 9 nitrogen and oxygen atoms in total. The van der Waals surface area contributed by atoms with Crippen LogP contribution in [0, 0.1) is 0 Å². The summed E-state index contributed by atoms with van der Waals surface area (Å²) < 4.78 is 31.8. The average molecular weight is 650 g/mol. The van der Waals surface area contributed by atoms with Gasteiger partial charge in [0.25, 0.3) is 0 Å².